The Morgan fingerprint density at radius 2 is 2.00 bits per heavy atom. The van der Waals surface area contributed by atoms with Crippen molar-refractivity contribution in [3.8, 4) is 0 Å². The molecule has 3 N–H and O–H groups in total. The maximum atomic E-state index is 12.3. The molecule has 0 aromatic carbocycles. The maximum Gasteiger partial charge on any atom is 0.223 e. The van der Waals surface area contributed by atoms with Crippen molar-refractivity contribution >= 4 is 5.91 Å². The quantitative estimate of drug-likeness (QED) is 0.766. The molecule has 3 nitrogen and oxygen atoms in total. The van der Waals surface area contributed by atoms with Gasteiger partial charge in [0, 0.05) is 11.5 Å². The second-order valence-corrected chi connectivity index (χ2v) is 6.06. The zero-order valence-corrected chi connectivity index (χ0v) is 12.3. The first-order valence-corrected chi connectivity index (χ1v) is 7.56. The van der Waals surface area contributed by atoms with Crippen LogP contribution in [0.4, 0.5) is 0 Å². The molecule has 1 aliphatic rings. The van der Waals surface area contributed by atoms with Crippen LogP contribution >= 0.6 is 0 Å². The molecule has 0 aromatic heterocycles. The molecule has 2 atom stereocenters. The number of rotatable bonds is 6. The van der Waals surface area contributed by atoms with Crippen LogP contribution in [0.3, 0.4) is 0 Å². The van der Waals surface area contributed by atoms with Gasteiger partial charge in [0.2, 0.25) is 5.91 Å². The number of carbonyl (C=O) groups is 1. The molecule has 0 bridgehead atoms. The standard InChI is InChI=1S/C15H30N2O/c1-4-15(3,5-2)17-14(18)13-8-6-7-12(11-13)9-10-16/h12-13H,4-11,16H2,1-3H3,(H,17,18). The van der Waals surface area contributed by atoms with Gasteiger partial charge >= 0.3 is 0 Å². The minimum Gasteiger partial charge on any atom is -0.351 e. The van der Waals surface area contributed by atoms with Gasteiger partial charge in [0.1, 0.15) is 0 Å². The number of amides is 1. The van der Waals surface area contributed by atoms with E-state index in [0.717, 1.165) is 38.6 Å². The fourth-order valence-electron chi connectivity index (χ4n) is 2.85. The van der Waals surface area contributed by atoms with Crippen molar-refractivity contribution in [3.05, 3.63) is 0 Å². The molecule has 0 spiro atoms. The fourth-order valence-corrected chi connectivity index (χ4v) is 2.85. The van der Waals surface area contributed by atoms with Crippen LogP contribution < -0.4 is 11.1 Å². The van der Waals surface area contributed by atoms with Gasteiger partial charge in [-0.25, -0.2) is 0 Å². The summed E-state index contributed by atoms with van der Waals surface area (Å²) >= 11 is 0. The molecule has 0 aromatic rings. The van der Waals surface area contributed by atoms with E-state index in [-0.39, 0.29) is 17.4 Å². The minimum atomic E-state index is -0.0299. The van der Waals surface area contributed by atoms with E-state index >= 15 is 0 Å². The van der Waals surface area contributed by atoms with Gasteiger partial charge in [-0.2, -0.15) is 0 Å². The molecule has 1 saturated carbocycles. The highest BCUT2D eigenvalue weighted by molar-refractivity contribution is 5.79. The van der Waals surface area contributed by atoms with Gasteiger partial charge in [-0.15, -0.1) is 0 Å². The summed E-state index contributed by atoms with van der Waals surface area (Å²) in [6.45, 7) is 7.18. The van der Waals surface area contributed by atoms with Crippen LogP contribution in [-0.2, 0) is 4.79 Å². The summed E-state index contributed by atoms with van der Waals surface area (Å²) in [5, 5.41) is 3.25. The van der Waals surface area contributed by atoms with Crippen LogP contribution in [0.5, 0.6) is 0 Å². The zero-order valence-electron chi connectivity index (χ0n) is 12.3. The first kappa shape index (κ1) is 15.5. The minimum absolute atomic E-state index is 0.0299. The van der Waals surface area contributed by atoms with Crippen molar-refractivity contribution in [2.75, 3.05) is 6.54 Å². The van der Waals surface area contributed by atoms with Gasteiger partial charge in [0.15, 0.2) is 0 Å². The first-order valence-electron chi connectivity index (χ1n) is 7.56. The van der Waals surface area contributed by atoms with Crippen molar-refractivity contribution < 1.29 is 4.79 Å². The summed E-state index contributed by atoms with van der Waals surface area (Å²) in [5.41, 5.74) is 5.60. The Morgan fingerprint density at radius 1 is 1.33 bits per heavy atom. The van der Waals surface area contributed by atoms with E-state index in [2.05, 4.69) is 26.1 Å². The summed E-state index contributed by atoms with van der Waals surface area (Å²) in [6, 6.07) is 0. The summed E-state index contributed by atoms with van der Waals surface area (Å²) in [7, 11) is 0. The lowest BCUT2D eigenvalue weighted by molar-refractivity contribution is -0.128. The molecule has 1 aliphatic carbocycles. The second-order valence-electron chi connectivity index (χ2n) is 6.06. The van der Waals surface area contributed by atoms with Crippen LogP contribution in [0.1, 0.15) is 65.7 Å². The number of nitrogens with two attached hydrogens (primary N) is 1. The zero-order chi connectivity index (χ0) is 13.6. The van der Waals surface area contributed by atoms with Gasteiger partial charge in [-0.05, 0) is 51.5 Å². The van der Waals surface area contributed by atoms with Crippen molar-refractivity contribution in [3.63, 3.8) is 0 Å². The normalized spacial score (nSPS) is 24.9. The molecule has 106 valence electrons. The Bertz CT molecular complexity index is 259. The molecule has 0 saturated heterocycles. The lowest BCUT2D eigenvalue weighted by Crippen LogP contribution is -2.48. The Hall–Kier alpha value is -0.570. The Morgan fingerprint density at radius 3 is 2.56 bits per heavy atom. The van der Waals surface area contributed by atoms with E-state index in [1.807, 2.05) is 0 Å². The average molecular weight is 254 g/mol. The predicted octanol–water partition coefficient (Wildman–Crippen LogP) is 2.84. The highest BCUT2D eigenvalue weighted by atomic mass is 16.2. The summed E-state index contributed by atoms with van der Waals surface area (Å²) in [5.74, 6) is 1.14. The van der Waals surface area contributed by atoms with E-state index in [4.69, 9.17) is 5.73 Å². The molecule has 1 rings (SSSR count). The van der Waals surface area contributed by atoms with Crippen molar-refractivity contribution in [2.24, 2.45) is 17.6 Å². The topological polar surface area (TPSA) is 55.1 Å². The number of carbonyl (C=O) groups excluding carboxylic acids is 1. The highest BCUT2D eigenvalue weighted by Crippen LogP contribution is 2.31. The van der Waals surface area contributed by atoms with E-state index in [1.165, 1.54) is 12.8 Å². The molecule has 0 aliphatic heterocycles. The second kappa shape index (κ2) is 7.13. The molecule has 2 unspecified atom stereocenters. The number of hydrogen-bond donors (Lipinski definition) is 2. The first-order chi connectivity index (χ1) is 8.54. The van der Waals surface area contributed by atoms with Crippen molar-refractivity contribution in [1.29, 1.82) is 0 Å². The van der Waals surface area contributed by atoms with Crippen LogP contribution in [0.25, 0.3) is 0 Å². The average Bonchev–Trinajstić information content (AvgIpc) is 2.39. The predicted molar refractivity (Wildman–Crippen MR) is 76.2 cm³/mol. The lowest BCUT2D eigenvalue weighted by Gasteiger charge is -2.33. The molecule has 0 radical (unpaired) electrons. The van der Waals surface area contributed by atoms with Crippen LogP contribution in [0.2, 0.25) is 0 Å². The third-order valence-corrected chi connectivity index (χ3v) is 4.71. The molecular weight excluding hydrogens is 224 g/mol. The summed E-state index contributed by atoms with van der Waals surface area (Å²) in [4.78, 5) is 12.3. The van der Waals surface area contributed by atoms with Gasteiger partial charge in [0.25, 0.3) is 0 Å². The van der Waals surface area contributed by atoms with Gasteiger partial charge in [-0.1, -0.05) is 26.7 Å². The van der Waals surface area contributed by atoms with Crippen LogP contribution in [0, 0.1) is 11.8 Å². The van der Waals surface area contributed by atoms with E-state index in [0.29, 0.717) is 5.92 Å². The van der Waals surface area contributed by atoms with Gasteiger partial charge in [0.05, 0.1) is 0 Å². The Balaban J connectivity index is 2.50. The van der Waals surface area contributed by atoms with Crippen molar-refractivity contribution in [2.45, 2.75) is 71.3 Å². The molecule has 1 fully saturated rings. The van der Waals surface area contributed by atoms with E-state index in [9.17, 15) is 4.79 Å². The van der Waals surface area contributed by atoms with Crippen LogP contribution in [-0.4, -0.2) is 18.0 Å². The third kappa shape index (κ3) is 4.27. The number of hydrogen-bond acceptors (Lipinski definition) is 2. The van der Waals surface area contributed by atoms with E-state index in [1.54, 1.807) is 0 Å². The fraction of sp³-hybridized carbons (Fsp3) is 0.933. The van der Waals surface area contributed by atoms with E-state index < -0.39 is 0 Å². The summed E-state index contributed by atoms with van der Waals surface area (Å²) in [6.07, 6.45) is 7.57. The molecular formula is C15H30N2O. The molecule has 18 heavy (non-hydrogen) atoms. The van der Waals surface area contributed by atoms with Gasteiger partial charge < -0.3 is 11.1 Å². The molecule has 1 amide bonds. The SMILES string of the molecule is CCC(C)(CC)NC(=O)C1CCCC(CCN)C1. The maximum absolute atomic E-state index is 12.3. The highest BCUT2D eigenvalue weighted by Gasteiger charge is 2.30. The summed E-state index contributed by atoms with van der Waals surface area (Å²) < 4.78 is 0. The monoisotopic (exact) mass is 254 g/mol. The van der Waals surface area contributed by atoms with Crippen LogP contribution in [0.15, 0.2) is 0 Å². The smallest absolute Gasteiger partial charge is 0.223 e. The third-order valence-electron chi connectivity index (χ3n) is 4.71. The molecule has 0 heterocycles. The van der Waals surface area contributed by atoms with Crippen molar-refractivity contribution in [1.82, 2.24) is 5.32 Å². The van der Waals surface area contributed by atoms with Gasteiger partial charge in [-0.3, -0.25) is 4.79 Å². The number of nitrogens with one attached hydrogen (secondary N) is 1. The Labute approximate surface area is 112 Å². The largest absolute Gasteiger partial charge is 0.351 e. The Kier molecular flexibility index (Phi) is 6.13. The molecule has 3 heteroatoms. The lowest BCUT2D eigenvalue weighted by atomic mass is 9.79.